The van der Waals surface area contributed by atoms with E-state index >= 15 is 0 Å². The number of alkyl halides is 6. The van der Waals surface area contributed by atoms with Crippen LogP contribution in [0.5, 0.6) is 0 Å². The fourth-order valence-electron chi connectivity index (χ4n) is 1.48. The normalized spacial score (nSPS) is 13.8. The van der Waals surface area contributed by atoms with E-state index in [0.717, 1.165) is 12.1 Å². The maximum Gasteiger partial charge on any atom is 0.416 e. The van der Waals surface area contributed by atoms with Crippen LogP contribution in [0, 0.1) is 0 Å². The fraction of sp³-hybridized carbons (Fsp3) is 0.455. The molecule has 20 heavy (non-hydrogen) atoms. The summed E-state index contributed by atoms with van der Waals surface area (Å²) in [7, 11) is 0. The number of hydrogen-bond donors (Lipinski definition) is 1. The molecule has 0 aromatic heterocycles. The summed E-state index contributed by atoms with van der Waals surface area (Å²) in [6, 6.07) is 1.81. The Kier molecular flexibility index (Phi) is 6.83. The molecule has 2 N–H and O–H groups in total. The molecule has 116 valence electrons. The molecule has 1 aromatic rings. The van der Waals surface area contributed by atoms with E-state index in [1.165, 1.54) is 6.07 Å². The van der Waals surface area contributed by atoms with Gasteiger partial charge in [0.2, 0.25) is 0 Å². The number of hydrogen-bond acceptors (Lipinski definition) is 1. The molecular formula is C11H11BrClF6N. The van der Waals surface area contributed by atoms with E-state index in [2.05, 4.69) is 15.9 Å². The highest BCUT2D eigenvalue weighted by molar-refractivity contribution is 9.10. The summed E-state index contributed by atoms with van der Waals surface area (Å²) >= 11 is 2.89. The van der Waals surface area contributed by atoms with Gasteiger partial charge in [-0.05, 0) is 30.2 Å². The van der Waals surface area contributed by atoms with Crippen LogP contribution in [0.4, 0.5) is 26.3 Å². The Balaban J connectivity index is 0.00000361. The Morgan fingerprint density at radius 1 is 1.05 bits per heavy atom. The van der Waals surface area contributed by atoms with E-state index < -0.39 is 36.8 Å². The Labute approximate surface area is 126 Å². The average molecular weight is 387 g/mol. The van der Waals surface area contributed by atoms with Gasteiger partial charge in [0.1, 0.15) is 0 Å². The lowest BCUT2D eigenvalue weighted by atomic mass is 10.0. The van der Waals surface area contributed by atoms with Gasteiger partial charge in [-0.2, -0.15) is 26.3 Å². The largest absolute Gasteiger partial charge is 0.416 e. The smallest absolute Gasteiger partial charge is 0.324 e. The van der Waals surface area contributed by atoms with Gasteiger partial charge in [0, 0.05) is 16.9 Å². The van der Waals surface area contributed by atoms with Gasteiger partial charge in [-0.3, -0.25) is 0 Å². The van der Waals surface area contributed by atoms with Crippen molar-refractivity contribution in [1.82, 2.24) is 0 Å². The molecule has 0 fully saturated rings. The van der Waals surface area contributed by atoms with Crippen molar-refractivity contribution >= 4 is 28.3 Å². The van der Waals surface area contributed by atoms with Gasteiger partial charge in [-0.25, -0.2) is 0 Å². The average Bonchev–Trinajstić information content (AvgIpc) is 2.22. The van der Waals surface area contributed by atoms with Crippen molar-refractivity contribution in [2.75, 3.05) is 0 Å². The first-order valence-corrected chi connectivity index (χ1v) is 5.98. The van der Waals surface area contributed by atoms with Crippen LogP contribution in [-0.4, -0.2) is 6.18 Å². The van der Waals surface area contributed by atoms with Crippen LogP contribution in [0.3, 0.4) is 0 Å². The van der Waals surface area contributed by atoms with Crippen LogP contribution in [0.1, 0.15) is 30.0 Å². The highest BCUT2D eigenvalue weighted by Crippen LogP contribution is 2.34. The molecule has 0 amide bonds. The van der Waals surface area contributed by atoms with Crippen molar-refractivity contribution in [3.63, 3.8) is 0 Å². The number of benzene rings is 1. The van der Waals surface area contributed by atoms with Crippen LogP contribution in [0.15, 0.2) is 22.7 Å². The van der Waals surface area contributed by atoms with E-state index in [0.29, 0.717) is 0 Å². The maximum atomic E-state index is 12.5. The summed E-state index contributed by atoms with van der Waals surface area (Å²) < 4.78 is 73.9. The van der Waals surface area contributed by atoms with Crippen LogP contribution in [0.25, 0.3) is 0 Å². The Morgan fingerprint density at radius 3 is 2.05 bits per heavy atom. The second-order valence-corrected chi connectivity index (χ2v) is 4.95. The lowest BCUT2D eigenvalue weighted by Crippen LogP contribution is -2.16. The summed E-state index contributed by atoms with van der Waals surface area (Å²) in [5, 5.41) is 0. The van der Waals surface area contributed by atoms with Crippen molar-refractivity contribution in [3.8, 4) is 0 Å². The number of nitrogens with two attached hydrogens (primary N) is 1. The molecule has 0 radical (unpaired) electrons. The number of halogens is 8. The third-order valence-electron chi connectivity index (χ3n) is 2.41. The first-order chi connectivity index (χ1) is 8.49. The first kappa shape index (κ1) is 19.5. The molecule has 0 saturated carbocycles. The van der Waals surface area contributed by atoms with Crippen LogP contribution < -0.4 is 5.73 Å². The second-order valence-electron chi connectivity index (χ2n) is 4.03. The van der Waals surface area contributed by atoms with E-state index in [4.69, 9.17) is 5.73 Å². The second kappa shape index (κ2) is 7.00. The van der Waals surface area contributed by atoms with E-state index in [-0.39, 0.29) is 22.4 Å². The van der Waals surface area contributed by atoms with Gasteiger partial charge in [0.25, 0.3) is 0 Å². The van der Waals surface area contributed by atoms with Crippen LogP contribution >= 0.6 is 28.3 Å². The van der Waals surface area contributed by atoms with E-state index in [9.17, 15) is 26.3 Å². The van der Waals surface area contributed by atoms with Crippen molar-refractivity contribution in [2.24, 2.45) is 5.73 Å². The molecule has 0 heterocycles. The zero-order valence-electron chi connectivity index (χ0n) is 9.85. The zero-order valence-corrected chi connectivity index (χ0v) is 12.3. The van der Waals surface area contributed by atoms with Gasteiger partial charge in [0.15, 0.2) is 0 Å². The predicted octanol–water partition coefficient (Wildman–Crippen LogP) is 5.23. The Bertz CT molecular complexity index is 446. The van der Waals surface area contributed by atoms with Gasteiger partial charge >= 0.3 is 12.4 Å². The molecule has 1 nitrogen and oxygen atoms in total. The van der Waals surface area contributed by atoms with E-state index in [1.807, 2.05) is 0 Å². The predicted molar refractivity (Wildman–Crippen MR) is 68.6 cm³/mol. The molecule has 1 aromatic carbocycles. The highest BCUT2D eigenvalue weighted by Gasteiger charge is 2.32. The Hall–Kier alpha value is -0.470. The summed E-state index contributed by atoms with van der Waals surface area (Å²) in [5.41, 5.74) is 4.57. The van der Waals surface area contributed by atoms with Crippen LogP contribution in [-0.2, 0) is 6.18 Å². The highest BCUT2D eigenvalue weighted by atomic mass is 79.9. The minimum Gasteiger partial charge on any atom is -0.324 e. The summed E-state index contributed by atoms with van der Waals surface area (Å²) in [4.78, 5) is 0. The molecule has 0 aliphatic carbocycles. The SMILES string of the molecule is Cl.N[C@H](CCC(F)(F)F)c1cc(Br)cc(C(F)(F)F)c1. The molecule has 0 unspecified atom stereocenters. The van der Waals surface area contributed by atoms with Crippen molar-refractivity contribution in [3.05, 3.63) is 33.8 Å². The van der Waals surface area contributed by atoms with Crippen LogP contribution in [0.2, 0.25) is 0 Å². The quantitative estimate of drug-likeness (QED) is 0.707. The third-order valence-corrected chi connectivity index (χ3v) is 2.87. The lowest BCUT2D eigenvalue weighted by Gasteiger charge is -2.16. The third kappa shape index (κ3) is 6.32. The molecule has 0 spiro atoms. The van der Waals surface area contributed by atoms with E-state index in [1.54, 1.807) is 0 Å². The monoisotopic (exact) mass is 385 g/mol. The topological polar surface area (TPSA) is 26.0 Å². The van der Waals surface area contributed by atoms with Crippen molar-refractivity contribution in [2.45, 2.75) is 31.2 Å². The standard InChI is InChI=1S/C11H10BrF6N.ClH/c12-8-4-6(3-7(5-8)11(16,17)18)9(19)1-2-10(13,14)15;/h3-5,9H,1-2,19H2;1H/t9-;/m1./s1. The summed E-state index contributed by atoms with van der Waals surface area (Å²) in [6.45, 7) is 0. The molecular weight excluding hydrogens is 375 g/mol. The molecule has 0 aliphatic heterocycles. The van der Waals surface area contributed by atoms with Crippen molar-refractivity contribution in [1.29, 1.82) is 0 Å². The minimum atomic E-state index is -4.57. The first-order valence-electron chi connectivity index (χ1n) is 5.19. The summed E-state index contributed by atoms with van der Waals surface area (Å²) in [5.74, 6) is 0. The molecule has 1 rings (SSSR count). The fourth-order valence-corrected chi connectivity index (χ4v) is 1.99. The van der Waals surface area contributed by atoms with Gasteiger partial charge < -0.3 is 5.73 Å². The van der Waals surface area contributed by atoms with Gasteiger partial charge in [0.05, 0.1) is 5.56 Å². The maximum absolute atomic E-state index is 12.5. The molecule has 0 bridgehead atoms. The molecule has 9 heteroatoms. The number of rotatable bonds is 3. The Morgan fingerprint density at radius 2 is 1.60 bits per heavy atom. The molecule has 0 aliphatic rings. The molecule has 1 atom stereocenters. The van der Waals surface area contributed by atoms with Gasteiger partial charge in [-0.15, -0.1) is 12.4 Å². The summed E-state index contributed by atoms with van der Waals surface area (Å²) in [6.07, 6.45) is -10.5. The molecule has 0 saturated heterocycles. The minimum absolute atomic E-state index is 0. The van der Waals surface area contributed by atoms with Crippen molar-refractivity contribution < 1.29 is 26.3 Å². The lowest BCUT2D eigenvalue weighted by molar-refractivity contribution is -0.138. The zero-order chi connectivity index (χ0) is 14.8. The van der Waals surface area contributed by atoms with Gasteiger partial charge in [-0.1, -0.05) is 15.9 Å².